The summed E-state index contributed by atoms with van der Waals surface area (Å²) in [6, 6.07) is 0. The fraction of sp³-hybridized carbons (Fsp3) is 0.905. The van der Waals surface area contributed by atoms with Crippen molar-refractivity contribution in [1.29, 1.82) is 5.41 Å². The van der Waals surface area contributed by atoms with Crippen LogP contribution in [0.5, 0.6) is 0 Å². The van der Waals surface area contributed by atoms with E-state index in [1.54, 1.807) is 27.7 Å². The molecule has 1 heterocycles. The number of esters is 1. The van der Waals surface area contributed by atoms with Crippen molar-refractivity contribution in [1.82, 2.24) is 0 Å². The molecule has 0 aromatic rings. The molecule has 0 aliphatic carbocycles. The monoisotopic (exact) mass is 401 g/mol. The van der Waals surface area contributed by atoms with Crippen molar-refractivity contribution in [2.75, 3.05) is 7.11 Å². The van der Waals surface area contributed by atoms with Crippen LogP contribution in [0.2, 0.25) is 0 Å². The number of carbonyl (C=O) groups excluding carboxylic acids is 1. The van der Waals surface area contributed by atoms with Gasteiger partial charge in [-0.15, -0.1) is 0 Å². The van der Waals surface area contributed by atoms with Crippen molar-refractivity contribution >= 4 is 11.7 Å². The van der Waals surface area contributed by atoms with Crippen LogP contribution < -0.4 is 0 Å². The van der Waals surface area contributed by atoms with Gasteiger partial charge in [-0.25, -0.2) is 0 Å². The Balaban J connectivity index is 3.30. The number of rotatable bonds is 2. The molecule has 7 nitrogen and oxygen atoms in total. The van der Waals surface area contributed by atoms with Gasteiger partial charge >= 0.3 is 5.97 Å². The first-order chi connectivity index (χ1) is 12.8. The molecule has 28 heavy (non-hydrogen) atoms. The Bertz CT molecular complexity index is 547. The van der Waals surface area contributed by atoms with Crippen LogP contribution in [0.25, 0.3) is 0 Å². The first-order valence-corrected chi connectivity index (χ1v) is 10.2. The summed E-state index contributed by atoms with van der Waals surface area (Å²) in [4.78, 5) is 12.7. The molecule has 7 heteroatoms. The van der Waals surface area contributed by atoms with Gasteiger partial charge in [-0.3, -0.25) is 4.79 Å². The van der Waals surface area contributed by atoms with E-state index in [1.165, 1.54) is 14.0 Å². The van der Waals surface area contributed by atoms with Crippen LogP contribution in [0.15, 0.2) is 0 Å². The Morgan fingerprint density at radius 1 is 1.21 bits per heavy atom. The third kappa shape index (κ3) is 5.75. The Hall–Kier alpha value is -1.02. The van der Waals surface area contributed by atoms with Crippen LogP contribution in [-0.2, 0) is 14.3 Å². The Morgan fingerprint density at radius 3 is 2.29 bits per heavy atom. The molecule has 164 valence electrons. The van der Waals surface area contributed by atoms with Gasteiger partial charge in [0.1, 0.15) is 11.7 Å². The van der Waals surface area contributed by atoms with Gasteiger partial charge < -0.3 is 30.2 Å². The molecule has 0 spiro atoms. The number of hydrogen-bond acceptors (Lipinski definition) is 7. The van der Waals surface area contributed by atoms with Crippen molar-refractivity contribution in [3.05, 3.63) is 0 Å². The largest absolute Gasteiger partial charge is 0.459 e. The van der Waals surface area contributed by atoms with E-state index in [9.17, 15) is 20.1 Å². The van der Waals surface area contributed by atoms with Crippen LogP contribution in [-0.4, -0.2) is 63.6 Å². The lowest BCUT2D eigenvalue weighted by atomic mass is 9.76. The first kappa shape index (κ1) is 25.0. The lowest BCUT2D eigenvalue weighted by Crippen LogP contribution is -2.56. The van der Waals surface area contributed by atoms with Gasteiger partial charge in [0.05, 0.1) is 23.7 Å². The minimum absolute atomic E-state index is 0.253. The van der Waals surface area contributed by atoms with Crippen molar-refractivity contribution in [2.24, 2.45) is 17.8 Å². The maximum atomic E-state index is 12.7. The SMILES string of the molecule is CC[C@H]1OC(=O)[C@H](C)[C@@H](OC)CC[C@](C)(O)C[C@@H](C)C(=N)[C@H](C)[C@@H](O)[C@]1(C)O. The summed E-state index contributed by atoms with van der Waals surface area (Å²) in [6.45, 7) is 10.1. The van der Waals surface area contributed by atoms with E-state index in [1.807, 2.05) is 6.92 Å². The summed E-state index contributed by atoms with van der Waals surface area (Å²) in [6.07, 6.45) is -1.10. The predicted molar refractivity (Wildman–Crippen MR) is 107 cm³/mol. The minimum atomic E-state index is -1.72. The van der Waals surface area contributed by atoms with Gasteiger partial charge in [-0.05, 0) is 52.4 Å². The zero-order valence-corrected chi connectivity index (χ0v) is 18.4. The zero-order valence-electron chi connectivity index (χ0n) is 18.4. The maximum absolute atomic E-state index is 12.7. The van der Waals surface area contributed by atoms with Crippen molar-refractivity contribution in [3.8, 4) is 0 Å². The van der Waals surface area contributed by atoms with E-state index in [0.717, 1.165) is 0 Å². The molecule has 1 saturated heterocycles. The molecule has 0 amide bonds. The summed E-state index contributed by atoms with van der Waals surface area (Å²) in [7, 11) is 1.52. The summed E-state index contributed by atoms with van der Waals surface area (Å²) in [5, 5.41) is 41.1. The lowest BCUT2D eigenvalue weighted by molar-refractivity contribution is -0.189. The number of methoxy groups -OCH3 is 1. The van der Waals surface area contributed by atoms with Crippen molar-refractivity contribution in [2.45, 2.75) is 96.7 Å². The lowest BCUT2D eigenvalue weighted by Gasteiger charge is -2.40. The highest BCUT2D eigenvalue weighted by molar-refractivity contribution is 5.86. The Labute approximate surface area is 168 Å². The quantitative estimate of drug-likeness (QED) is 0.527. The van der Waals surface area contributed by atoms with Crippen molar-refractivity contribution in [3.63, 3.8) is 0 Å². The van der Waals surface area contributed by atoms with Gasteiger partial charge in [-0.1, -0.05) is 20.8 Å². The third-order valence-corrected chi connectivity index (χ3v) is 6.32. The predicted octanol–water partition coefficient (Wildman–Crippen LogP) is 2.30. The van der Waals surface area contributed by atoms with E-state index in [4.69, 9.17) is 14.9 Å². The molecule has 0 saturated carbocycles. The molecule has 4 N–H and O–H groups in total. The number of cyclic esters (lactones) is 1. The van der Waals surface area contributed by atoms with Crippen LogP contribution >= 0.6 is 0 Å². The molecule has 1 aliphatic rings. The topological polar surface area (TPSA) is 120 Å². The highest BCUT2D eigenvalue weighted by atomic mass is 16.6. The smallest absolute Gasteiger partial charge is 0.311 e. The molecule has 8 atom stereocenters. The van der Waals surface area contributed by atoms with E-state index < -0.39 is 47.3 Å². The Morgan fingerprint density at radius 2 is 1.79 bits per heavy atom. The summed E-state index contributed by atoms with van der Waals surface area (Å²) in [5.41, 5.74) is -2.51. The van der Waals surface area contributed by atoms with Gasteiger partial charge in [0, 0.05) is 18.7 Å². The molecule has 0 unspecified atom stereocenters. The van der Waals surface area contributed by atoms with Gasteiger partial charge in [0.15, 0.2) is 0 Å². The molecule has 1 fully saturated rings. The second-order valence-corrected chi connectivity index (χ2v) is 8.95. The fourth-order valence-electron chi connectivity index (χ4n) is 4.23. The van der Waals surface area contributed by atoms with E-state index in [0.29, 0.717) is 25.7 Å². The second kappa shape index (κ2) is 9.65. The molecule has 0 radical (unpaired) electrons. The van der Waals surface area contributed by atoms with Gasteiger partial charge in [-0.2, -0.15) is 0 Å². The van der Waals surface area contributed by atoms with Crippen LogP contribution in [0, 0.1) is 23.2 Å². The normalized spacial score (nSPS) is 44.6. The first-order valence-electron chi connectivity index (χ1n) is 10.2. The molecular formula is C21H39NO6. The molecule has 0 bridgehead atoms. The molecule has 0 aromatic carbocycles. The average Bonchev–Trinajstić information content (AvgIpc) is 2.62. The van der Waals surface area contributed by atoms with Crippen LogP contribution in [0.1, 0.15) is 67.2 Å². The van der Waals surface area contributed by atoms with Crippen LogP contribution in [0.3, 0.4) is 0 Å². The standard InChI is InChI=1S/C21H39NO6/c1-8-16-21(6,26)18(23)14(4)17(22)12(2)11-20(5,25)10-9-15(27-7)13(3)19(24)28-16/h12-16,18,22-23,25-26H,8-11H2,1-7H3/t12-,13-,14+,15+,16-,18-,20+,21-/m1/s1. The molecule has 0 aromatic heterocycles. The second-order valence-electron chi connectivity index (χ2n) is 8.95. The number of nitrogens with one attached hydrogen (secondary N) is 1. The number of hydrogen-bond donors (Lipinski definition) is 4. The highest BCUT2D eigenvalue weighted by Gasteiger charge is 2.46. The zero-order chi connectivity index (χ0) is 21.9. The minimum Gasteiger partial charge on any atom is -0.459 e. The average molecular weight is 402 g/mol. The maximum Gasteiger partial charge on any atom is 0.311 e. The number of aliphatic hydroxyl groups excluding tert-OH is 1. The number of aliphatic hydroxyl groups is 3. The number of ether oxygens (including phenoxy) is 2. The number of carbonyl (C=O) groups is 1. The molecule has 1 rings (SSSR count). The molecule has 1 aliphatic heterocycles. The summed E-state index contributed by atoms with van der Waals surface area (Å²) < 4.78 is 11.0. The molecular weight excluding hydrogens is 362 g/mol. The van der Waals surface area contributed by atoms with Crippen LogP contribution in [0.4, 0.5) is 0 Å². The summed E-state index contributed by atoms with van der Waals surface area (Å²) in [5.74, 6) is -2.03. The highest BCUT2D eigenvalue weighted by Crippen LogP contribution is 2.32. The van der Waals surface area contributed by atoms with Gasteiger partial charge in [0.2, 0.25) is 0 Å². The van der Waals surface area contributed by atoms with E-state index in [-0.39, 0.29) is 11.6 Å². The Kier molecular flexibility index (Phi) is 8.62. The van der Waals surface area contributed by atoms with Gasteiger partial charge in [0.25, 0.3) is 0 Å². The summed E-state index contributed by atoms with van der Waals surface area (Å²) >= 11 is 0. The fourth-order valence-corrected chi connectivity index (χ4v) is 4.23. The van der Waals surface area contributed by atoms with E-state index >= 15 is 0 Å². The van der Waals surface area contributed by atoms with E-state index in [2.05, 4.69) is 0 Å². The third-order valence-electron chi connectivity index (χ3n) is 6.32. The van der Waals surface area contributed by atoms with Crippen molar-refractivity contribution < 1.29 is 29.6 Å².